The molecule has 1 heterocycles. The van der Waals surface area contributed by atoms with Gasteiger partial charge in [-0.15, -0.1) is 0 Å². The molecule has 1 aromatic carbocycles. The number of ether oxygens (including phenoxy) is 1. The van der Waals surface area contributed by atoms with Crippen molar-refractivity contribution >= 4 is 16.0 Å². The highest BCUT2D eigenvalue weighted by Gasteiger charge is 2.18. The van der Waals surface area contributed by atoms with E-state index < -0.39 is 27.7 Å². The molecule has 10 heteroatoms. The van der Waals surface area contributed by atoms with E-state index in [1.165, 1.54) is 12.1 Å². The van der Waals surface area contributed by atoms with E-state index in [0.29, 0.717) is 24.7 Å². The number of nitrogens with one attached hydrogen (secondary N) is 3. The Labute approximate surface area is 171 Å². The Hall–Kier alpha value is -1.78. The number of aliphatic imine (C=N–C) groups is 1. The van der Waals surface area contributed by atoms with Crippen molar-refractivity contribution < 1.29 is 21.9 Å². The standard InChI is InChI=1S/C19H30F2N4O3S/c1-3-22-19(25-14(2)17-8-7-15(20)12-18(17)21)23-9-11-29(26,27)24-13-16-6-4-5-10-28-16/h7-8,12,14,16,24H,3-6,9-11,13H2,1-2H3,(H2,22,23,25). The minimum absolute atomic E-state index is 0.0365. The van der Waals surface area contributed by atoms with E-state index in [1.54, 1.807) is 6.92 Å². The molecule has 0 bridgehead atoms. The summed E-state index contributed by atoms with van der Waals surface area (Å²) in [6.45, 7) is 5.10. The molecule has 1 aliphatic rings. The minimum atomic E-state index is -3.48. The number of sulfonamides is 1. The van der Waals surface area contributed by atoms with E-state index in [-0.39, 0.29) is 24.9 Å². The molecule has 2 unspecified atom stereocenters. The lowest BCUT2D eigenvalue weighted by molar-refractivity contribution is 0.0200. The van der Waals surface area contributed by atoms with Gasteiger partial charge >= 0.3 is 0 Å². The molecule has 1 saturated heterocycles. The molecular formula is C19H30F2N4O3S. The molecule has 7 nitrogen and oxygen atoms in total. The van der Waals surface area contributed by atoms with Crippen LogP contribution >= 0.6 is 0 Å². The van der Waals surface area contributed by atoms with Crippen molar-refractivity contribution in [3.05, 3.63) is 35.4 Å². The first kappa shape index (κ1) is 23.5. The Morgan fingerprint density at radius 3 is 2.79 bits per heavy atom. The van der Waals surface area contributed by atoms with Crippen LogP contribution in [-0.2, 0) is 14.8 Å². The van der Waals surface area contributed by atoms with Gasteiger partial charge in [-0.25, -0.2) is 21.9 Å². The first-order chi connectivity index (χ1) is 13.8. The van der Waals surface area contributed by atoms with Crippen LogP contribution in [0.4, 0.5) is 8.78 Å². The number of rotatable bonds is 9. The van der Waals surface area contributed by atoms with E-state index in [1.807, 2.05) is 6.92 Å². The minimum Gasteiger partial charge on any atom is -0.377 e. The number of nitrogens with zero attached hydrogens (tertiary/aromatic N) is 1. The van der Waals surface area contributed by atoms with E-state index in [2.05, 4.69) is 20.3 Å². The predicted molar refractivity (Wildman–Crippen MR) is 109 cm³/mol. The van der Waals surface area contributed by atoms with E-state index >= 15 is 0 Å². The van der Waals surface area contributed by atoms with Crippen LogP contribution < -0.4 is 15.4 Å². The molecule has 0 spiro atoms. The van der Waals surface area contributed by atoms with Crippen LogP contribution in [-0.4, -0.2) is 52.5 Å². The van der Waals surface area contributed by atoms with Crippen LogP contribution in [0.15, 0.2) is 23.2 Å². The maximum atomic E-state index is 13.9. The Kier molecular flexibility index (Phi) is 9.25. The Bertz CT molecular complexity index is 784. The summed E-state index contributed by atoms with van der Waals surface area (Å²) in [6, 6.07) is 2.90. The summed E-state index contributed by atoms with van der Waals surface area (Å²) >= 11 is 0. The van der Waals surface area contributed by atoms with Crippen LogP contribution in [0.2, 0.25) is 0 Å². The second-order valence-corrected chi connectivity index (χ2v) is 8.87. The van der Waals surface area contributed by atoms with Gasteiger partial charge in [-0.1, -0.05) is 6.07 Å². The largest absolute Gasteiger partial charge is 0.377 e. The molecule has 3 N–H and O–H groups in total. The lowest BCUT2D eigenvalue weighted by Crippen LogP contribution is -2.40. The highest BCUT2D eigenvalue weighted by molar-refractivity contribution is 7.89. The summed E-state index contributed by atoms with van der Waals surface area (Å²) in [4.78, 5) is 4.25. The second-order valence-electron chi connectivity index (χ2n) is 6.95. The van der Waals surface area contributed by atoms with Crippen molar-refractivity contribution in [1.29, 1.82) is 0 Å². The van der Waals surface area contributed by atoms with Crippen molar-refractivity contribution in [3.8, 4) is 0 Å². The Morgan fingerprint density at radius 1 is 1.34 bits per heavy atom. The summed E-state index contributed by atoms with van der Waals surface area (Å²) < 4.78 is 59.5. The Balaban J connectivity index is 1.88. The summed E-state index contributed by atoms with van der Waals surface area (Å²) in [7, 11) is -3.48. The third-order valence-electron chi connectivity index (χ3n) is 4.56. The van der Waals surface area contributed by atoms with Gasteiger partial charge in [0.25, 0.3) is 0 Å². The zero-order valence-electron chi connectivity index (χ0n) is 16.9. The van der Waals surface area contributed by atoms with Gasteiger partial charge < -0.3 is 15.4 Å². The fourth-order valence-corrected chi connectivity index (χ4v) is 3.91. The third kappa shape index (κ3) is 8.23. The van der Waals surface area contributed by atoms with Crippen molar-refractivity contribution in [2.75, 3.05) is 32.0 Å². The fourth-order valence-electron chi connectivity index (χ4n) is 2.99. The van der Waals surface area contributed by atoms with Gasteiger partial charge in [0.15, 0.2) is 5.96 Å². The van der Waals surface area contributed by atoms with Gasteiger partial charge in [-0.05, 0) is 39.2 Å². The van der Waals surface area contributed by atoms with Gasteiger partial charge in [0.1, 0.15) is 11.6 Å². The van der Waals surface area contributed by atoms with Gasteiger partial charge in [-0.2, -0.15) is 0 Å². The lowest BCUT2D eigenvalue weighted by atomic mass is 10.1. The monoisotopic (exact) mass is 432 g/mol. The first-order valence-corrected chi connectivity index (χ1v) is 11.5. The highest BCUT2D eigenvalue weighted by atomic mass is 32.2. The van der Waals surface area contributed by atoms with Gasteiger partial charge in [0, 0.05) is 31.3 Å². The third-order valence-corrected chi connectivity index (χ3v) is 5.89. The summed E-state index contributed by atoms with van der Waals surface area (Å²) in [5, 5.41) is 6.00. The predicted octanol–water partition coefficient (Wildman–Crippen LogP) is 2.07. The van der Waals surface area contributed by atoms with Crippen molar-refractivity contribution in [2.45, 2.75) is 45.3 Å². The van der Waals surface area contributed by atoms with Crippen molar-refractivity contribution in [3.63, 3.8) is 0 Å². The van der Waals surface area contributed by atoms with Gasteiger partial charge in [-0.3, -0.25) is 4.99 Å². The SMILES string of the molecule is CCNC(=NCCS(=O)(=O)NCC1CCCCO1)NC(C)c1ccc(F)cc1F. The molecule has 2 atom stereocenters. The second kappa shape index (κ2) is 11.4. The Morgan fingerprint density at radius 2 is 2.14 bits per heavy atom. The molecule has 29 heavy (non-hydrogen) atoms. The molecule has 0 amide bonds. The number of hydrogen-bond donors (Lipinski definition) is 3. The highest BCUT2D eigenvalue weighted by Crippen LogP contribution is 2.17. The molecule has 1 fully saturated rings. The normalized spacial score (nSPS) is 19.0. The molecule has 0 aromatic heterocycles. The molecule has 2 rings (SSSR count). The molecule has 1 aliphatic heterocycles. The number of halogens is 2. The average Bonchev–Trinajstić information content (AvgIpc) is 2.67. The van der Waals surface area contributed by atoms with Crippen LogP contribution in [0.3, 0.4) is 0 Å². The molecule has 0 aliphatic carbocycles. The van der Waals surface area contributed by atoms with Crippen LogP contribution in [0, 0.1) is 11.6 Å². The number of hydrogen-bond acceptors (Lipinski definition) is 4. The van der Waals surface area contributed by atoms with Crippen molar-refractivity contribution in [1.82, 2.24) is 15.4 Å². The number of guanidine groups is 1. The van der Waals surface area contributed by atoms with E-state index in [9.17, 15) is 17.2 Å². The maximum absolute atomic E-state index is 13.9. The topological polar surface area (TPSA) is 91.8 Å². The summed E-state index contributed by atoms with van der Waals surface area (Å²) in [5.41, 5.74) is 0.291. The zero-order chi connectivity index (χ0) is 21.3. The van der Waals surface area contributed by atoms with E-state index in [0.717, 1.165) is 25.3 Å². The zero-order valence-corrected chi connectivity index (χ0v) is 17.7. The number of benzene rings is 1. The molecule has 0 saturated carbocycles. The maximum Gasteiger partial charge on any atom is 0.213 e. The quantitative estimate of drug-likeness (QED) is 0.410. The summed E-state index contributed by atoms with van der Waals surface area (Å²) in [6.07, 6.45) is 2.83. The average molecular weight is 433 g/mol. The van der Waals surface area contributed by atoms with Crippen molar-refractivity contribution in [2.24, 2.45) is 4.99 Å². The van der Waals surface area contributed by atoms with Crippen LogP contribution in [0.1, 0.15) is 44.7 Å². The molecule has 0 radical (unpaired) electrons. The first-order valence-electron chi connectivity index (χ1n) is 9.89. The molecular weight excluding hydrogens is 402 g/mol. The molecule has 1 aromatic rings. The van der Waals surface area contributed by atoms with Crippen LogP contribution in [0.25, 0.3) is 0 Å². The smallest absolute Gasteiger partial charge is 0.213 e. The van der Waals surface area contributed by atoms with Crippen LogP contribution in [0.5, 0.6) is 0 Å². The van der Waals surface area contributed by atoms with Gasteiger partial charge in [0.05, 0.1) is 24.4 Å². The fraction of sp³-hybridized carbons (Fsp3) is 0.632. The summed E-state index contributed by atoms with van der Waals surface area (Å²) in [5.74, 6) is -1.11. The lowest BCUT2D eigenvalue weighted by Gasteiger charge is -2.22. The molecule has 164 valence electrons. The van der Waals surface area contributed by atoms with Gasteiger partial charge in [0.2, 0.25) is 10.0 Å². The van der Waals surface area contributed by atoms with E-state index in [4.69, 9.17) is 4.74 Å².